The van der Waals surface area contributed by atoms with Crippen LogP contribution in [0.3, 0.4) is 0 Å². The molecule has 0 aromatic heterocycles. The van der Waals surface area contributed by atoms with E-state index in [1.54, 1.807) is 6.07 Å². The quantitative estimate of drug-likeness (QED) is 0.536. The Balaban J connectivity index is 3.03. The fraction of sp³-hybridized carbons (Fsp3) is 0.500. The van der Waals surface area contributed by atoms with E-state index in [4.69, 9.17) is 11.0 Å². The molecule has 0 atom stereocenters. The molecular formula is C6H8N2O2S. The number of rotatable bonds is 0. The van der Waals surface area contributed by atoms with Crippen molar-refractivity contribution in [2.45, 2.75) is 6.42 Å². The molecule has 0 aromatic rings. The molecule has 1 rings (SSSR count). The molecule has 4 nitrogen and oxygen atoms in total. The van der Waals surface area contributed by atoms with Crippen LogP contribution in [-0.2, 0) is 9.84 Å². The van der Waals surface area contributed by atoms with Gasteiger partial charge in [0.1, 0.15) is 0 Å². The number of allylic oxidation sites excluding steroid dienone is 1. The Morgan fingerprint density at radius 2 is 2.18 bits per heavy atom. The Morgan fingerprint density at radius 3 is 2.64 bits per heavy atom. The van der Waals surface area contributed by atoms with Crippen molar-refractivity contribution in [1.29, 1.82) is 5.26 Å². The van der Waals surface area contributed by atoms with E-state index in [1.807, 2.05) is 0 Å². The zero-order valence-electron chi connectivity index (χ0n) is 5.87. The molecular weight excluding hydrogens is 164 g/mol. The van der Waals surface area contributed by atoms with Crippen LogP contribution in [-0.4, -0.2) is 19.9 Å². The highest BCUT2D eigenvalue weighted by atomic mass is 32.2. The van der Waals surface area contributed by atoms with Crippen LogP contribution in [0, 0.1) is 11.3 Å². The van der Waals surface area contributed by atoms with Crippen LogP contribution in [0.5, 0.6) is 0 Å². The van der Waals surface area contributed by atoms with Gasteiger partial charge < -0.3 is 5.73 Å². The number of hydrogen-bond acceptors (Lipinski definition) is 4. The van der Waals surface area contributed by atoms with Crippen molar-refractivity contribution >= 4 is 9.84 Å². The van der Waals surface area contributed by atoms with E-state index >= 15 is 0 Å². The molecule has 0 unspecified atom stereocenters. The molecule has 1 aliphatic heterocycles. The average molecular weight is 172 g/mol. The highest BCUT2D eigenvalue weighted by Gasteiger charge is 2.21. The summed E-state index contributed by atoms with van der Waals surface area (Å²) in [5, 5.41) is 8.44. The van der Waals surface area contributed by atoms with Crippen LogP contribution in [0.1, 0.15) is 6.42 Å². The van der Waals surface area contributed by atoms with Gasteiger partial charge in [0.2, 0.25) is 0 Å². The second kappa shape index (κ2) is 2.55. The summed E-state index contributed by atoms with van der Waals surface area (Å²) in [6, 6.07) is 1.78. The normalized spacial score (nSPS) is 22.8. The van der Waals surface area contributed by atoms with Gasteiger partial charge in [0, 0.05) is 12.1 Å². The molecule has 5 heteroatoms. The largest absolute Gasteiger partial charge is 0.401 e. The number of hydrogen-bond donors (Lipinski definition) is 1. The molecule has 1 heterocycles. The zero-order chi connectivity index (χ0) is 8.48. The van der Waals surface area contributed by atoms with Crippen LogP contribution in [0.4, 0.5) is 0 Å². The SMILES string of the molecule is N#CC1=C(N)CCS(=O)(=O)C1. The summed E-state index contributed by atoms with van der Waals surface area (Å²) in [6.45, 7) is 0. The molecule has 0 fully saturated rings. The fourth-order valence-electron chi connectivity index (χ4n) is 0.905. The summed E-state index contributed by atoms with van der Waals surface area (Å²) in [6.07, 6.45) is 0.297. The Bertz CT molecular complexity index is 334. The smallest absolute Gasteiger partial charge is 0.155 e. The molecule has 0 saturated heterocycles. The summed E-state index contributed by atoms with van der Waals surface area (Å²) in [7, 11) is -3.04. The lowest BCUT2D eigenvalue weighted by Crippen LogP contribution is -2.22. The molecule has 1 aliphatic rings. The van der Waals surface area contributed by atoms with Crippen molar-refractivity contribution < 1.29 is 8.42 Å². The summed E-state index contributed by atoms with van der Waals surface area (Å²) >= 11 is 0. The Kier molecular flexibility index (Phi) is 1.87. The van der Waals surface area contributed by atoms with Crippen LogP contribution < -0.4 is 5.73 Å². The van der Waals surface area contributed by atoms with E-state index < -0.39 is 9.84 Å². The Morgan fingerprint density at radius 1 is 1.55 bits per heavy atom. The van der Waals surface area contributed by atoms with E-state index in [9.17, 15) is 8.42 Å². The number of nitrogens with two attached hydrogens (primary N) is 1. The lowest BCUT2D eigenvalue weighted by Gasteiger charge is -2.11. The topological polar surface area (TPSA) is 83.9 Å². The van der Waals surface area contributed by atoms with Gasteiger partial charge in [0.05, 0.1) is 23.1 Å². The van der Waals surface area contributed by atoms with Gasteiger partial charge in [-0.15, -0.1) is 0 Å². The lowest BCUT2D eigenvalue weighted by atomic mass is 10.2. The van der Waals surface area contributed by atoms with Crippen molar-refractivity contribution in [3.05, 3.63) is 11.3 Å². The summed E-state index contributed by atoms with van der Waals surface area (Å²) in [5.74, 6) is -0.112. The number of nitrogens with zero attached hydrogens (tertiary/aromatic N) is 1. The fourth-order valence-corrected chi connectivity index (χ4v) is 2.27. The minimum atomic E-state index is -3.04. The second-order valence-corrected chi connectivity index (χ2v) is 4.64. The first kappa shape index (κ1) is 8.08. The molecule has 60 valence electrons. The molecule has 0 aromatic carbocycles. The van der Waals surface area contributed by atoms with Crippen molar-refractivity contribution in [3.8, 4) is 6.07 Å². The molecule has 0 amide bonds. The van der Waals surface area contributed by atoms with Gasteiger partial charge in [0.15, 0.2) is 9.84 Å². The average Bonchev–Trinajstić information content (AvgIpc) is 1.94. The standard InChI is InChI=1S/C6H8N2O2S/c7-3-5-4-11(9,10)2-1-6(5)8/h1-2,4,8H2. The predicted octanol–water partition coefficient (Wildman–Crippen LogP) is -0.459. The van der Waals surface area contributed by atoms with Crippen LogP contribution in [0.15, 0.2) is 11.3 Å². The van der Waals surface area contributed by atoms with E-state index in [0.717, 1.165) is 0 Å². The first-order chi connectivity index (χ1) is 5.05. The van der Waals surface area contributed by atoms with E-state index in [-0.39, 0.29) is 17.1 Å². The zero-order valence-corrected chi connectivity index (χ0v) is 6.69. The number of nitriles is 1. The third kappa shape index (κ3) is 1.71. The van der Waals surface area contributed by atoms with Crippen molar-refractivity contribution in [1.82, 2.24) is 0 Å². The highest BCUT2D eigenvalue weighted by molar-refractivity contribution is 7.91. The van der Waals surface area contributed by atoms with Gasteiger partial charge in [-0.1, -0.05) is 0 Å². The van der Waals surface area contributed by atoms with Crippen LogP contribution in [0.25, 0.3) is 0 Å². The third-order valence-electron chi connectivity index (χ3n) is 1.57. The molecule has 0 saturated carbocycles. The summed E-state index contributed by atoms with van der Waals surface area (Å²) in [5.41, 5.74) is 6.03. The summed E-state index contributed by atoms with van der Waals surface area (Å²) < 4.78 is 21.8. The van der Waals surface area contributed by atoms with Crippen molar-refractivity contribution in [2.24, 2.45) is 5.73 Å². The first-order valence-corrected chi connectivity index (χ1v) is 4.95. The van der Waals surface area contributed by atoms with Gasteiger partial charge in [-0.3, -0.25) is 0 Å². The lowest BCUT2D eigenvalue weighted by molar-refractivity contribution is 0.595. The van der Waals surface area contributed by atoms with Gasteiger partial charge >= 0.3 is 0 Å². The highest BCUT2D eigenvalue weighted by Crippen LogP contribution is 2.14. The van der Waals surface area contributed by atoms with E-state index in [0.29, 0.717) is 12.1 Å². The first-order valence-electron chi connectivity index (χ1n) is 3.13. The molecule has 0 aliphatic carbocycles. The van der Waals surface area contributed by atoms with E-state index in [2.05, 4.69) is 0 Å². The summed E-state index contributed by atoms with van der Waals surface area (Å²) in [4.78, 5) is 0. The molecule has 0 bridgehead atoms. The monoisotopic (exact) mass is 172 g/mol. The minimum absolute atomic E-state index is 0.0734. The molecule has 0 spiro atoms. The van der Waals surface area contributed by atoms with Gasteiger partial charge in [-0.05, 0) is 0 Å². The predicted molar refractivity (Wildman–Crippen MR) is 40.1 cm³/mol. The Labute approximate surface area is 65.2 Å². The Hall–Kier alpha value is -1.02. The maximum atomic E-state index is 10.9. The molecule has 2 N–H and O–H groups in total. The maximum Gasteiger partial charge on any atom is 0.155 e. The third-order valence-corrected chi connectivity index (χ3v) is 3.12. The van der Waals surface area contributed by atoms with Gasteiger partial charge in [-0.25, -0.2) is 8.42 Å². The van der Waals surface area contributed by atoms with Crippen molar-refractivity contribution in [3.63, 3.8) is 0 Å². The maximum absolute atomic E-state index is 10.9. The van der Waals surface area contributed by atoms with E-state index in [1.165, 1.54) is 0 Å². The number of sulfone groups is 1. The second-order valence-electron chi connectivity index (χ2n) is 2.46. The molecule has 11 heavy (non-hydrogen) atoms. The van der Waals surface area contributed by atoms with Crippen LogP contribution in [0.2, 0.25) is 0 Å². The van der Waals surface area contributed by atoms with Gasteiger partial charge in [-0.2, -0.15) is 5.26 Å². The van der Waals surface area contributed by atoms with Crippen LogP contribution >= 0.6 is 0 Å². The minimum Gasteiger partial charge on any atom is -0.401 e. The molecule has 0 radical (unpaired) electrons. The van der Waals surface area contributed by atoms with Crippen molar-refractivity contribution in [2.75, 3.05) is 11.5 Å². The van der Waals surface area contributed by atoms with Gasteiger partial charge in [0.25, 0.3) is 0 Å².